The maximum atomic E-state index is 13.4. The molecule has 1 fully saturated rings. The molecule has 3 atom stereocenters. The third-order valence-corrected chi connectivity index (χ3v) is 7.15. The molecule has 1 saturated heterocycles. The normalized spacial score (nSPS) is 20.6. The quantitative estimate of drug-likeness (QED) is 0.301. The van der Waals surface area contributed by atoms with Gasteiger partial charge in [-0.05, 0) is 74.7 Å². The van der Waals surface area contributed by atoms with Gasteiger partial charge in [-0.1, -0.05) is 18.2 Å². The average molecular weight is 563 g/mol. The van der Waals surface area contributed by atoms with Crippen LogP contribution < -0.4 is 10.2 Å². The zero-order valence-corrected chi connectivity index (χ0v) is 21.9. The lowest BCUT2D eigenvalue weighted by Gasteiger charge is -2.49. The summed E-state index contributed by atoms with van der Waals surface area (Å²) >= 11 is 0. The Morgan fingerprint density at radius 2 is 1.70 bits per heavy atom. The second-order valence-corrected chi connectivity index (χ2v) is 10.1. The van der Waals surface area contributed by atoms with Gasteiger partial charge < -0.3 is 15.0 Å². The third-order valence-electron chi connectivity index (χ3n) is 7.15. The van der Waals surface area contributed by atoms with Gasteiger partial charge in [0.2, 0.25) is 0 Å². The molecule has 0 saturated carbocycles. The van der Waals surface area contributed by atoms with Gasteiger partial charge in [0, 0.05) is 24.5 Å². The first-order valence-electron chi connectivity index (χ1n) is 12.7. The predicted octanol–water partition coefficient (Wildman–Crippen LogP) is 7.61. The molecule has 1 N–H and O–H groups in total. The van der Waals surface area contributed by atoms with Gasteiger partial charge in [0.15, 0.2) is 0 Å². The number of ether oxygens (including phenoxy) is 1. The lowest BCUT2D eigenvalue weighted by atomic mass is 9.86. The molecule has 11 heteroatoms. The van der Waals surface area contributed by atoms with E-state index in [1.165, 1.54) is 6.92 Å². The van der Waals surface area contributed by atoms with Crippen molar-refractivity contribution >= 4 is 11.5 Å². The first-order valence-corrected chi connectivity index (χ1v) is 12.7. The molecular weight excluding hydrogens is 534 g/mol. The summed E-state index contributed by atoms with van der Waals surface area (Å²) in [6, 6.07) is 16.4. The van der Waals surface area contributed by atoms with Gasteiger partial charge in [0.1, 0.15) is 11.9 Å². The molecule has 2 heterocycles. The minimum Gasteiger partial charge on any atom is -0.371 e. The maximum Gasteiger partial charge on any atom is 0.416 e. The molecule has 2 unspecified atom stereocenters. The Bertz CT molecular complexity index is 1320. The Morgan fingerprint density at radius 3 is 2.30 bits per heavy atom. The van der Waals surface area contributed by atoms with Gasteiger partial charge in [0.05, 0.1) is 34.9 Å². The minimum absolute atomic E-state index is 0.0560. The topological polar surface area (TPSA) is 61.2 Å². The lowest BCUT2D eigenvalue weighted by Crippen LogP contribution is -2.58. The molecule has 0 bridgehead atoms. The fraction of sp³-hybridized carbons (Fsp3) is 0.379. The van der Waals surface area contributed by atoms with E-state index in [-0.39, 0.29) is 24.3 Å². The number of benzene rings is 2. The number of rotatable bonds is 7. The van der Waals surface area contributed by atoms with E-state index in [1.54, 1.807) is 18.3 Å². The fourth-order valence-corrected chi connectivity index (χ4v) is 4.86. The summed E-state index contributed by atoms with van der Waals surface area (Å²) in [4.78, 5) is 6.40. The highest BCUT2D eigenvalue weighted by Crippen LogP contribution is 2.39. The van der Waals surface area contributed by atoms with Crippen LogP contribution in [0, 0.1) is 11.3 Å². The van der Waals surface area contributed by atoms with Gasteiger partial charge >= 0.3 is 12.4 Å². The van der Waals surface area contributed by atoms with Crippen LogP contribution in [0.5, 0.6) is 0 Å². The Kier molecular flexibility index (Phi) is 8.30. The zero-order chi connectivity index (χ0) is 29.1. The van der Waals surface area contributed by atoms with E-state index >= 15 is 0 Å². The van der Waals surface area contributed by atoms with Crippen molar-refractivity contribution in [3.8, 4) is 6.07 Å². The average Bonchev–Trinajstić information content (AvgIpc) is 2.92. The molecule has 212 valence electrons. The van der Waals surface area contributed by atoms with E-state index in [1.807, 2.05) is 37.3 Å². The molecular formula is C29H28F6N4O. The maximum absolute atomic E-state index is 13.4. The van der Waals surface area contributed by atoms with Crippen LogP contribution in [0.2, 0.25) is 0 Å². The van der Waals surface area contributed by atoms with Crippen LogP contribution in [0.25, 0.3) is 0 Å². The molecule has 2 aromatic carbocycles. The van der Waals surface area contributed by atoms with Gasteiger partial charge in [0.25, 0.3) is 0 Å². The number of hydrogen-bond acceptors (Lipinski definition) is 5. The Hall–Kier alpha value is -3.78. The van der Waals surface area contributed by atoms with Crippen molar-refractivity contribution in [1.82, 2.24) is 4.98 Å². The molecule has 4 rings (SSSR count). The van der Waals surface area contributed by atoms with E-state index < -0.39 is 35.1 Å². The lowest BCUT2D eigenvalue weighted by molar-refractivity contribution is -0.143. The van der Waals surface area contributed by atoms with Crippen molar-refractivity contribution in [2.45, 2.75) is 56.7 Å². The molecule has 0 amide bonds. The van der Waals surface area contributed by atoms with Crippen LogP contribution in [0.15, 0.2) is 66.9 Å². The number of anilines is 2. The SMILES string of the molecule is CC(OC[C@@]1(C)CCC(Nc2ncccc2C#N)CN1c1ccccc1)c1cc(C(F)(F)F)cc(C(F)(F)F)c1. The van der Waals surface area contributed by atoms with E-state index in [4.69, 9.17) is 4.74 Å². The van der Waals surface area contributed by atoms with Crippen LogP contribution in [-0.4, -0.2) is 29.7 Å². The summed E-state index contributed by atoms with van der Waals surface area (Å²) in [6.45, 7) is 3.96. The van der Waals surface area contributed by atoms with Crippen molar-refractivity contribution in [1.29, 1.82) is 5.26 Å². The fourth-order valence-electron chi connectivity index (χ4n) is 4.86. The van der Waals surface area contributed by atoms with Crippen molar-refractivity contribution in [3.63, 3.8) is 0 Å². The van der Waals surface area contributed by atoms with Crippen molar-refractivity contribution < 1.29 is 31.1 Å². The van der Waals surface area contributed by atoms with E-state index in [9.17, 15) is 31.6 Å². The van der Waals surface area contributed by atoms with Crippen LogP contribution >= 0.6 is 0 Å². The van der Waals surface area contributed by atoms with Crippen molar-refractivity contribution in [2.75, 3.05) is 23.4 Å². The summed E-state index contributed by atoms with van der Waals surface area (Å²) < 4.78 is 86.2. The summed E-state index contributed by atoms with van der Waals surface area (Å²) in [6.07, 6.45) is -8.04. The summed E-state index contributed by atoms with van der Waals surface area (Å²) in [7, 11) is 0. The highest BCUT2D eigenvalue weighted by atomic mass is 19.4. The predicted molar refractivity (Wildman–Crippen MR) is 139 cm³/mol. The van der Waals surface area contributed by atoms with Gasteiger partial charge in [-0.3, -0.25) is 0 Å². The van der Waals surface area contributed by atoms with Crippen LogP contribution in [0.1, 0.15) is 55.0 Å². The summed E-state index contributed by atoms with van der Waals surface area (Å²) in [5.74, 6) is 0.474. The van der Waals surface area contributed by atoms with E-state index in [0.29, 0.717) is 42.9 Å². The van der Waals surface area contributed by atoms with E-state index in [0.717, 1.165) is 5.69 Å². The number of hydrogen-bond donors (Lipinski definition) is 1. The first-order chi connectivity index (χ1) is 18.8. The molecule has 0 radical (unpaired) electrons. The summed E-state index contributed by atoms with van der Waals surface area (Å²) in [5, 5.41) is 12.8. The number of nitrogens with zero attached hydrogens (tertiary/aromatic N) is 3. The second kappa shape index (κ2) is 11.4. The Labute approximate surface area is 228 Å². The molecule has 1 aliphatic rings. The molecule has 0 spiro atoms. The molecule has 40 heavy (non-hydrogen) atoms. The smallest absolute Gasteiger partial charge is 0.371 e. The minimum atomic E-state index is -4.93. The van der Waals surface area contributed by atoms with Gasteiger partial charge in [-0.2, -0.15) is 31.6 Å². The largest absolute Gasteiger partial charge is 0.416 e. The monoisotopic (exact) mass is 562 g/mol. The number of nitriles is 1. The van der Waals surface area contributed by atoms with Crippen molar-refractivity contribution in [3.05, 3.63) is 89.1 Å². The van der Waals surface area contributed by atoms with Gasteiger partial charge in [-0.25, -0.2) is 4.98 Å². The second-order valence-electron chi connectivity index (χ2n) is 10.1. The molecule has 1 aliphatic heterocycles. The Balaban J connectivity index is 1.56. The van der Waals surface area contributed by atoms with Crippen LogP contribution in [0.3, 0.4) is 0 Å². The van der Waals surface area contributed by atoms with Crippen molar-refractivity contribution in [2.24, 2.45) is 0 Å². The molecule has 1 aromatic heterocycles. The van der Waals surface area contributed by atoms with Crippen LogP contribution in [-0.2, 0) is 17.1 Å². The molecule has 0 aliphatic carbocycles. The standard InChI is InChI=1S/C29H28F6N4O/c1-19(21-13-22(28(30,31)32)15-23(14-21)29(33,34)35)40-18-27(2)11-10-24(17-39(27)25-8-4-3-5-9-25)38-26-20(16-36)7-6-12-37-26/h3-9,12-15,19,24H,10-11,17-18H2,1-2H3,(H,37,38)/t19?,24?,27-/m1/s1. The highest BCUT2D eigenvalue weighted by Gasteiger charge is 2.40. The number of halogens is 6. The number of aromatic nitrogens is 1. The first kappa shape index (κ1) is 29.2. The van der Waals surface area contributed by atoms with Crippen LogP contribution in [0.4, 0.5) is 37.8 Å². The van der Waals surface area contributed by atoms with E-state index in [2.05, 4.69) is 21.3 Å². The third kappa shape index (κ3) is 6.67. The number of alkyl halides is 6. The number of nitrogens with one attached hydrogen (secondary N) is 1. The summed E-state index contributed by atoms with van der Waals surface area (Å²) in [5.41, 5.74) is -2.27. The molecule has 5 nitrogen and oxygen atoms in total. The van der Waals surface area contributed by atoms with Gasteiger partial charge in [-0.15, -0.1) is 0 Å². The molecule has 3 aromatic rings. The number of piperidine rings is 1. The number of para-hydroxylation sites is 1. The Morgan fingerprint density at radius 1 is 1.05 bits per heavy atom. The number of pyridine rings is 1. The zero-order valence-electron chi connectivity index (χ0n) is 21.9. The highest BCUT2D eigenvalue weighted by molar-refractivity contribution is 5.54.